The summed E-state index contributed by atoms with van der Waals surface area (Å²) in [5.74, 6) is -0.757. The lowest BCUT2D eigenvalue weighted by Gasteiger charge is -2.20. The first-order chi connectivity index (χ1) is 9.81. The summed E-state index contributed by atoms with van der Waals surface area (Å²) in [4.78, 5) is 23.5. The zero-order valence-corrected chi connectivity index (χ0v) is 13.0. The van der Waals surface area contributed by atoms with Crippen molar-refractivity contribution in [2.75, 3.05) is 7.11 Å². The van der Waals surface area contributed by atoms with E-state index in [0.29, 0.717) is 5.57 Å². The molecule has 0 aromatic heterocycles. The van der Waals surface area contributed by atoms with Crippen LogP contribution in [0.25, 0.3) is 6.08 Å². The molecule has 0 N–H and O–H groups in total. The van der Waals surface area contributed by atoms with Crippen LogP contribution in [0.15, 0.2) is 35.9 Å². The molecule has 114 valence electrons. The van der Waals surface area contributed by atoms with Gasteiger partial charge in [0.05, 0.1) is 7.11 Å². The molecule has 1 aromatic carbocycles. The molecular formula is C17H22O4. The molecule has 0 aliphatic rings. The van der Waals surface area contributed by atoms with Crippen molar-refractivity contribution in [1.29, 1.82) is 0 Å². The van der Waals surface area contributed by atoms with E-state index >= 15 is 0 Å². The van der Waals surface area contributed by atoms with Crippen LogP contribution in [0.4, 0.5) is 0 Å². The summed E-state index contributed by atoms with van der Waals surface area (Å²) in [7, 11) is 1.33. The van der Waals surface area contributed by atoms with Gasteiger partial charge < -0.3 is 9.47 Å². The Morgan fingerprint density at radius 3 is 2.24 bits per heavy atom. The molecule has 21 heavy (non-hydrogen) atoms. The van der Waals surface area contributed by atoms with E-state index in [1.54, 1.807) is 6.08 Å². The van der Waals surface area contributed by atoms with Gasteiger partial charge in [-0.2, -0.15) is 0 Å². The summed E-state index contributed by atoms with van der Waals surface area (Å²) in [6.45, 7) is 5.43. The number of carbonyl (C=O) groups excluding carboxylic acids is 2. The second-order valence-electron chi connectivity index (χ2n) is 5.66. The maximum Gasteiger partial charge on any atom is 0.334 e. The highest BCUT2D eigenvalue weighted by Crippen LogP contribution is 2.18. The molecule has 0 heterocycles. The van der Waals surface area contributed by atoms with Crippen molar-refractivity contribution in [3.05, 3.63) is 41.5 Å². The standard InChI is InChI=1S/C17H22O4/c1-17(2,3)21-16(19)14(10-11-15(18)20-4)12-13-8-6-5-7-9-13/h5-9,12H,10-11H2,1-4H3/b14-12+. The van der Waals surface area contributed by atoms with Crippen LogP contribution in [-0.4, -0.2) is 24.6 Å². The Balaban J connectivity index is 2.91. The first kappa shape index (κ1) is 17.0. The molecule has 0 aliphatic heterocycles. The molecule has 1 aromatic rings. The first-order valence-electron chi connectivity index (χ1n) is 6.87. The number of rotatable bonds is 5. The molecule has 0 atom stereocenters. The molecule has 4 nitrogen and oxygen atoms in total. The average molecular weight is 290 g/mol. The highest BCUT2D eigenvalue weighted by atomic mass is 16.6. The zero-order chi connectivity index (χ0) is 15.9. The van der Waals surface area contributed by atoms with Gasteiger partial charge in [0.15, 0.2) is 0 Å². The molecule has 0 spiro atoms. The van der Waals surface area contributed by atoms with E-state index in [-0.39, 0.29) is 18.8 Å². The van der Waals surface area contributed by atoms with Crippen molar-refractivity contribution in [3.63, 3.8) is 0 Å². The van der Waals surface area contributed by atoms with Crippen LogP contribution in [0.5, 0.6) is 0 Å². The lowest BCUT2D eigenvalue weighted by molar-refractivity contribution is -0.150. The van der Waals surface area contributed by atoms with Crippen LogP contribution in [-0.2, 0) is 19.1 Å². The number of hydrogen-bond donors (Lipinski definition) is 0. The molecule has 0 amide bonds. The largest absolute Gasteiger partial charge is 0.469 e. The number of ether oxygens (including phenoxy) is 2. The minimum atomic E-state index is -0.571. The van der Waals surface area contributed by atoms with E-state index in [0.717, 1.165) is 5.56 Å². The monoisotopic (exact) mass is 290 g/mol. The summed E-state index contributed by atoms with van der Waals surface area (Å²) >= 11 is 0. The Kier molecular flexibility index (Phi) is 6.15. The molecule has 0 fully saturated rings. The Morgan fingerprint density at radius 2 is 1.71 bits per heavy atom. The lowest BCUT2D eigenvalue weighted by atomic mass is 10.1. The van der Waals surface area contributed by atoms with Gasteiger partial charge in [0.25, 0.3) is 0 Å². The van der Waals surface area contributed by atoms with E-state index in [4.69, 9.17) is 4.74 Å². The van der Waals surface area contributed by atoms with Crippen molar-refractivity contribution in [2.24, 2.45) is 0 Å². The summed E-state index contributed by atoms with van der Waals surface area (Å²) in [5.41, 5.74) is 0.780. The SMILES string of the molecule is COC(=O)CC/C(=C\c1ccccc1)C(=O)OC(C)(C)C. The fourth-order valence-corrected chi connectivity index (χ4v) is 1.67. The van der Waals surface area contributed by atoms with Crippen molar-refractivity contribution < 1.29 is 19.1 Å². The van der Waals surface area contributed by atoms with Crippen molar-refractivity contribution >= 4 is 18.0 Å². The Morgan fingerprint density at radius 1 is 1.10 bits per heavy atom. The maximum atomic E-state index is 12.2. The summed E-state index contributed by atoms with van der Waals surface area (Å²) < 4.78 is 9.99. The van der Waals surface area contributed by atoms with Gasteiger partial charge in [0, 0.05) is 12.0 Å². The van der Waals surface area contributed by atoms with Crippen molar-refractivity contribution in [1.82, 2.24) is 0 Å². The van der Waals surface area contributed by atoms with Crippen molar-refractivity contribution in [3.8, 4) is 0 Å². The van der Waals surface area contributed by atoms with Crippen LogP contribution >= 0.6 is 0 Å². The van der Waals surface area contributed by atoms with Gasteiger partial charge in [-0.25, -0.2) is 4.79 Å². The van der Waals surface area contributed by atoms with Crippen LogP contribution < -0.4 is 0 Å². The topological polar surface area (TPSA) is 52.6 Å². The molecule has 1 rings (SSSR count). The molecule has 0 unspecified atom stereocenters. The van der Waals surface area contributed by atoms with E-state index in [2.05, 4.69) is 4.74 Å². The first-order valence-corrected chi connectivity index (χ1v) is 6.87. The predicted molar refractivity (Wildman–Crippen MR) is 81.5 cm³/mol. The van der Waals surface area contributed by atoms with E-state index in [1.165, 1.54) is 7.11 Å². The quantitative estimate of drug-likeness (QED) is 0.616. The smallest absolute Gasteiger partial charge is 0.334 e. The van der Waals surface area contributed by atoms with Crippen LogP contribution in [0, 0.1) is 0 Å². The zero-order valence-electron chi connectivity index (χ0n) is 13.0. The number of carbonyl (C=O) groups is 2. The normalized spacial score (nSPS) is 11.9. The highest BCUT2D eigenvalue weighted by molar-refractivity contribution is 5.94. The van der Waals surface area contributed by atoms with Gasteiger partial charge in [-0.3, -0.25) is 4.79 Å². The second-order valence-corrected chi connectivity index (χ2v) is 5.66. The third-order valence-corrected chi connectivity index (χ3v) is 2.63. The molecule has 4 heteroatoms. The summed E-state index contributed by atoms with van der Waals surface area (Å²) in [5, 5.41) is 0. The fraction of sp³-hybridized carbons (Fsp3) is 0.412. The third kappa shape index (κ3) is 6.75. The van der Waals surface area contributed by atoms with E-state index in [9.17, 15) is 9.59 Å². The van der Waals surface area contributed by atoms with Crippen LogP contribution in [0.1, 0.15) is 39.2 Å². The second kappa shape index (κ2) is 7.62. The molecule has 0 saturated carbocycles. The lowest BCUT2D eigenvalue weighted by Crippen LogP contribution is -2.25. The van der Waals surface area contributed by atoms with Gasteiger partial charge in [-0.15, -0.1) is 0 Å². The summed E-state index contributed by atoms with van der Waals surface area (Å²) in [6.07, 6.45) is 2.18. The van der Waals surface area contributed by atoms with E-state index in [1.807, 2.05) is 51.1 Å². The number of benzene rings is 1. The summed E-state index contributed by atoms with van der Waals surface area (Å²) in [6, 6.07) is 9.46. The Bertz CT molecular complexity index is 509. The number of esters is 2. The number of hydrogen-bond acceptors (Lipinski definition) is 4. The van der Waals surface area contributed by atoms with Crippen molar-refractivity contribution in [2.45, 2.75) is 39.2 Å². The fourth-order valence-electron chi connectivity index (χ4n) is 1.67. The third-order valence-electron chi connectivity index (χ3n) is 2.63. The van der Waals surface area contributed by atoms with Gasteiger partial charge in [-0.1, -0.05) is 30.3 Å². The van der Waals surface area contributed by atoms with Crippen LogP contribution in [0.2, 0.25) is 0 Å². The molecule has 0 bridgehead atoms. The van der Waals surface area contributed by atoms with Gasteiger partial charge in [0.1, 0.15) is 5.60 Å². The van der Waals surface area contributed by atoms with Gasteiger partial charge >= 0.3 is 11.9 Å². The van der Waals surface area contributed by atoms with Gasteiger partial charge in [0.2, 0.25) is 0 Å². The van der Waals surface area contributed by atoms with E-state index < -0.39 is 11.6 Å². The predicted octanol–water partition coefficient (Wildman–Crippen LogP) is 3.36. The van der Waals surface area contributed by atoms with Crippen LogP contribution in [0.3, 0.4) is 0 Å². The molecule has 0 aliphatic carbocycles. The maximum absolute atomic E-state index is 12.2. The Labute approximate surface area is 125 Å². The Hall–Kier alpha value is -2.10. The van der Waals surface area contributed by atoms with Gasteiger partial charge in [-0.05, 0) is 38.8 Å². The molecular weight excluding hydrogens is 268 g/mol. The minimum absolute atomic E-state index is 0.147. The minimum Gasteiger partial charge on any atom is -0.469 e. The highest BCUT2D eigenvalue weighted by Gasteiger charge is 2.20. The molecule has 0 radical (unpaired) electrons. The molecule has 0 saturated heterocycles. The number of methoxy groups -OCH3 is 1. The average Bonchev–Trinajstić information content (AvgIpc) is 2.42.